The molecule has 0 spiro atoms. The third-order valence-electron chi connectivity index (χ3n) is 2.56. The molecular weight excluding hydrogens is 202 g/mol. The first kappa shape index (κ1) is 13.0. The highest BCUT2D eigenvalue weighted by atomic mass is 16.5. The maximum absolute atomic E-state index is 5.17. The average Bonchev–Trinajstić information content (AvgIpc) is 2.59. The molecule has 1 aromatic rings. The summed E-state index contributed by atoms with van der Waals surface area (Å²) < 4.78 is 7.35. The maximum atomic E-state index is 5.17. The van der Waals surface area contributed by atoms with Crippen LogP contribution >= 0.6 is 0 Å². The molecule has 0 amide bonds. The third kappa shape index (κ3) is 3.52. The first-order valence-corrected chi connectivity index (χ1v) is 6.00. The van der Waals surface area contributed by atoms with Crippen LogP contribution in [0.25, 0.3) is 0 Å². The molecular formula is C12H23N3O. The Morgan fingerprint density at radius 1 is 1.50 bits per heavy atom. The normalized spacial score (nSPS) is 12.8. The van der Waals surface area contributed by atoms with Gasteiger partial charge in [0.15, 0.2) is 0 Å². The molecule has 0 saturated heterocycles. The van der Waals surface area contributed by atoms with Crippen LogP contribution in [0.2, 0.25) is 0 Å². The Morgan fingerprint density at radius 2 is 2.25 bits per heavy atom. The molecule has 0 aliphatic heterocycles. The lowest BCUT2D eigenvalue weighted by atomic mass is 10.2. The number of nitrogens with zero attached hydrogens (tertiary/aromatic N) is 2. The lowest BCUT2D eigenvalue weighted by Crippen LogP contribution is -2.25. The number of aromatic nitrogens is 2. The topological polar surface area (TPSA) is 39.1 Å². The fraction of sp³-hybridized carbons (Fsp3) is 0.750. The van der Waals surface area contributed by atoms with E-state index < -0.39 is 0 Å². The molecule has 1 N–H and O–H groups in total. The molecule has 0 aromatic carbocycles. The van der Waals surface area contributed by atoms with Gasteiger partial charge in [0, 0.05) is 19.9 Å². The Morgan fingerprint density at radius 3 is 2.81 bits per heavy atom. The zero-order chi connectivity index (χ0) is 12.0. The van der Waals surface area contributed by atoms with Gasteiger partial charge in [-0.2, -0.15) is 0 Å². The molecule has 0 aliphatic carbocycles. The number of anilines is 1. The molecule has 1 unspecified atom stereocenters. The Bertz CT molecular complexity index is 309. The maximum Gasteiger partial charge on any atom is 0.203 e. The van der Waals surface area contributed by atoms with E-state index in [9.17, 15) is 0 Å². The second-order valence-electron chi connectivity index (χ2n) is 4.10. The van der Waals surface area contributed by atoms with Crippen molar-refractivity contribution in [2.75, 3.05) is 19.0 Å². The van der Waals surface area contributed by atoms with Gasteiger partial charge in [0.2, 0.25) is 5.95 Å². The summed E-state index contributed by atoms with van der Waals surface area (Å²) in [5.74, 6) is 0.961. The predicted octanol–water partition coefficient (Wildman–Crippen LogP) is 2.44. The monoisotopic (exact) mass is 225 g/mol. The molecule has 4 nitrogen and oxygen atoms in total. The van der Waals surface area contributed by atoms with Gasteiger partial charge >= 0.3 is 0 Å². The third-order valence-corrected chi connectivity index (χ3v) is 2.56. The lowest BCUT2D eigenvalue weighted by Gasteiger charge is -2.17. The van der Waals surface area contributed by atoms with Crippen molar-refractivity contribution in [3.63, 3.8) is 0 Å². The summed E-state index contributed by atoms with van der Waals surface area (Å²) >= 11 is 0. The molecule has 16 heavy (non-hydrogen) atoms. The molecule has 1 rings (SSSR count). The Kier molecular flexibility index (Phi) is 5.32. The van der Waals surface area contributed by atoms with Gasteiger partial charge in [0.25, 0.3) is 0 Å². The van der Waals surface area contributed by atoms with Gasteiger partial charge in [-0.05, 0) is 19.8 Å². The SMILES string of the molecule is CCCn1cc(C)nc1NC(CC)COC. The van der Waals surface area contributed by atoms with Crippen molar-refractivity contribution in [1.29, 1.82) is 0 Å². The van der Waals surface area contributed by atoms with E-state index in [2.05, 4.69) is 34.9 Å². The number of aryl methyl sites for hydroxylation is 2. The van der Waals surface area contributed by atoms with Gasteiger partial charge in [-0.15, -0.1) is 0 Å². The van der Waals surface area contributed by atoms with Crippen LogP contribution in [-0.4, -0.2) is 29.3 Å². The molecule has 1 atom stereocenters. The summed E-state index contributed by atoms with van der Waals surface area (Å²) in [4.78, 5) is 4.50. The minimum Gasteiger partial charge on any atom is -0.383 e. The highest BCUT2D eigenvalue weighted by Gasteiger charge is 2.10. The van der Waals surface area contributed by atoms with Gasteiger partial charge in [-0.25, -0.2) is 4.98 Å². The van der Waals surface area contributed by atoms with Crippen LogP contribution in [0.15, 0.2) is 6.20 Å². The van der Waals surface area contributed by atoms with Gasteiger partial charge in [-0.3, -0.25) is 0 Å². The molecule has 4 heteroatoms. The van der Waals surface area contributed by atoms with Crippen LogP contribution in [-0.2, 0) is 11.3 Å². The number of ether oxygens (including phenoxy) is 1. The summed E-state index contributed by atoms with van der Waals surface area (Å²) in [6.45, 7) is 8.07. The van der Waals surface area contributed by atoms with Crippen molar-refractivity contribution in [3.05, 3.63) is 11.9 Å². The van der Waals surface area contributed by atoms with Crippen LogP contribution in [0, 0.1) is 6.92 Å². The fourth-order valence-electron chi connectivity index (χ4n) is 1.72. The number of hydrogen-bond acceptors (Lipinski definition) is 3. The smallest absolute Gasteiger partial charge is 0.203 e. The van der Waals surface area contributed by atoms with E-state index in [1.165, 1.54) is 0 Å². The Labute approximate surface area is 98.0 Å². The van der Waals surface area contributed by atoms with Crippen molar-refractivity contribution >= 4 is 5.95 Å². The highest BCUT2D eigenvalue weighted by molar-refractivity contribution is 5.30. The largest absolute Gasteiger partial charge is 0.383 e. The average molecular weight is 225 g/mol. The van der Waals surface area contributed by atoms with E-state index in [0.29, 0.717) is 12.6 Å². The Hall–Kier alpha value is -1.03. The number of hydrogen-bond donors (Lipinski definition) is 1. The molecule has 0 radical (unpaired) electrons. The number of imidazole rings is 1. The van der Waals surface area contributed by atoms with Gasteiger partial charge in [0.1, 0.15) is 0 Å². The molecule has 0 saturated carbocycles. The number of methoxy groups -OCH3 is 1. The first-order valence-electron chi connectivity index (χ1n) is 6.00. The number of rotatable bonds is 7. The Balaban J connectivity index is 2.69. The summed E-state index contributed by atoms with van der Waals surface area (Å²) in [6.07, 6.45) is 4.24. The van der Waals surface area contributed by atoms with Crippen LogP contribution in [0.4, 0.5) is 5.95 Å². The van der Waals surface area contributed by atoms with Crippen LogP contribution in [0.5, 0.6) is 0 Å². The zero-order valence-electron chi connectivity index (χ0n) is 10.8. The van der Waals surface area contributed by atoms with Crippen molar-refractivity contribution in [2.24, 2.45) is 0 Å². The van der Waals surface area contributed by atoms with E-state index in [0.717, 1.165) is 31.0 Å². The number of nitrogens with one attached hydrogen (secondary N) is 1. The predicted molar refractivity (Wildman–Crippen MR) is 66.8 cm³/mol. The van der Waals surface area contributed by atoms with Crippen LogP contribution in [0.3, 0.4) is 0 Å². The molecule has 0 bridgehead atoms. The minimum atomic E-state index is 0.336. The zero-order valence-corrected chi connectivity index (χ0v) is 10.8. The highest BCUT2D eigenvalue weighted by Crippen LogP contribution is 2.11. The van der Waals surface area contributed by atoms with Crippen molar-refractivity contribution in [3.8, 4) is 0 Å². The molecule has 92 valence electrons. The standard InChI is InChI=1S/C12H23N3O/c1-5-7-15-8-10(3)13-12(15)14-11(6-2)9-16-4/h8,11H,5-7,9H2,1-4H3,(H,13,14). The minimum absolute atomic E-state index is 0.336. The molecule has 1 aromatic heterocycles. The second kappa shape index (κ2) is 6.53. The summed E-state index contributed by atoms with van der Waals surface area (Å²) in [7, 11) is 1.73. The second-order valence-corrected chi connectivity index (χ2v) is 4.10. The van der Waals surface area contributed by atoms with E-state index in [1.54, 1.807) is 7.11 Å². The first-order chi connectivity index (χ1) is 7.71. The summed E-state index contributed by atoms with van der Waals surface area (Å²) in [5.41, 5.74) is 1.06. The molecule has 0 aliphatic rings. The quantitative estimate of drug-likeness (QED) is 0.774. The van der Waals surface area contributed by atoms with E-state index >= 15 is 0 Å². The van der Waals surface area contributed by atoms with Gasteiger partial charge < -0.3 is 14.6 Å². The van der Waals surface area contributed by atoms with Crippen molar-refractivity contribution in [1.82, 2.24) is 9.55 Å². The van der Waals surface area contributed by atoms with Crippen LogP contribution in [0.1, 0.15) is 32.4 Å². The van der Waals surface area contributed by atoms with E-state index in [1.807, 2.05) is 6.92 Å². The van der Waals surface area contributed by atoms with Crippen molar-refractivity contribution < 1.29 is 4.74 Å². The lowest BCUT2D eigenvalue weighted by molar-refractivity contribution is 0.184. The molecule has 1 heterocycles. The van der Waals surface area contributed by atoms with Crippen molar-refractivity contribution in [2.45, 2.75) is 46.2 Å². The van der Waals surface area contributed by atoms with E-state index in [4.69, 9.17) is 4.74 Å². The van der Waals surface area contributed by atoms with E-state index in [-0.39, 0.29) is 0 Å². The van der Waals surface area contributed by atoms with Crippen LogP contribution < -0.4 is 5.32 Å². The molecule has 0 fully saturated rings. The summed E-state index contributed by atoms with van der Waals surface area (Å²) in [6, 6.07) is 0.336. The van der Waals surface area contributed by atoms with Gasteiger partial charge in [0.05, 0.1) is 18.3 Å². The van der Waals surface area contributed by atoms with Gasteiger partial charge in [-0.1, -0.05) is 13.8 Å². The summed E-state index contributed by atoms with van der Waals surface area (Å²) in [5, 5.41) is 3.43. The fourth-order valence-corrected chi connectivity index (χ4v) is 1.72.